The van der Waals surface area contributed by atoms with Gasteiger partial charge in [0.25, 0.3) is 5.56 Å². The zero-order chi connectivity index (χ0) is 17.4. The first-order valence-electron chi connectivity index (χ1n) is 7.29. The molecule has 1 heterocycles. The van der Waals surface area contributed by atoms with E-state index in [2.05, 4.69) is 4.98 Å². The summed E-state index contributed by atoms with van der Waals surface area (Å²) in [7, 11) is 0. The van der Waals surface area contributed by atoms with Gasteiger partial charge in [-0.25, -0.2) is 8.78 Å². The fourth-order valence-corrected chi connectivity index (χ4v) is 2.63. The summed E-state index contributed by atoms with van der Waals surface area (Å²) in [6.45, 7) is 1.59. The number of rotatable bonds is 3. The summed E-state index contributed by atoms with van der Waals surface area (Å²) < 4.78 is 28.6. The van der Waals surface area contributed by atoms with Crippen molar-refractivity contribution in [2.75, 3.05) is 0 Å². The van der Waals surface area contributed by atoms with Crippen molar-refractivity contribution in [2.24, 2.45) is 5.73 Å². The predicted molar refractivity (Wildman–Crippen MR) is 87.0 cm³/mol. The number of H-pyrrole nitrogens is 1. The van der Waals surface area contributed by atoms with Crippen molar-refractivity contribution >= 4 is 16.6 Å². The van der Waals surface area contributed by atoms with Crippen molar-refractivity contribution in [1.29, 1.82) is 0 Å². The van der Waals surface area contributed by atoms with E-state index in [1.807, 2.05) is 0 Å². The quantitative estimate of drug-likeness (QED) is 0.726. The Morgan fingerprint density at radius 3 is 2.42 bits per heavy atom. The van der Waals surface area contributed by atoms with E-state index in [-0.39, 0.29) is 22.1 Å². The van der Waals surface area contributed by atoms with Crippen molar-refractivity contribution in [2.45, 2.75) is 13.0 Å². The molecule has 24 heavy (non-hydrogen) atoms. The lowest BCUT2D eigenvalue weighted by Crippen LogP contribution is -2.13. The van der Waals surface area contributed by atoms with Crippen LogP contribution < -0.4 is 11.3 Å². The van der Waals surface area contributed by atoms with E-state index < -0.39 is 29.0 Å². The molecule has 0 unspecified atom stereocenters. The largest absolute Gasteiger partial charge is 0.329 e. The van der Waals surface area contributed by atoms with Crippen LogP contribution in [0.1, 0.15) is 34.5 Å². The number of nitrogens with two attached hydrogens (primary N) is 1. The second-order valence-electron chi connectivity index (χ2n) is 5.55. The van der Waals surface area contributed by atoms with E-state index in [9.17, 15) is 18.4 Å². The van der Waals surface area contributed by atoms with Gasteiger partial charge in [-0.3, -0.25) is 9.59 Å². The molecule has 0 fully saturated rings. The molecule has 122 valence electrons. The smallest absolute Gasteiger partial charge is 0.255 e. The first-order chi connectivity index (χ1) is 11.4. The molecule has 0 aliphatic rings. The number of hydrogen-bond donors (Lipinski definition) is 2. The van der Waals surface area contributed by atoms with Crippen molar-refractivity contribution in [1.82, 2.24) is 4.98 Å². The van der Waals surface area contributed by atoms with Gasteiger partial charge in [-0.05, 0) is 42.1 Å². The maximum Gasteiger partial charge on any atom is 0.255 e. The van der Waals surface area contributed by atoms with Gasteiger partial charge >= 0.3 is 0 Å². The van der Waals surface area contributed by atoms with Gasteiger partial charge in [0.2, 0.25) is 0 Å². The maximum atomic E-state index is 14.3. The summed E-state index contributed by atoms with van der Waals surface area (Å²) in [5.41, 5.74) is 4.90. The van der Waals surface area contributed by atoms with Gasteiger partial charge in [-0.1, -0.05) is 12.1 Å². The van der Waals surface area contributed by atoms with Crippen LogP contribution in [0.5, 0.6) is 0 Å². The van der Waals surface area contributed by atoms with Gasteiger partial charge in [-0.2, -0.15) is 0 Å². The number of carbonyl (C=O) groups excluding carboxylic acids is 1. The van der Waals surface area contributed by atoms with E-state index >= 15 is 0 Å². The number of pyridine rings is 1. The van der Waals surface area contributed by atoms with E-state index in [1.165, 1.54) is 30.5 Å². The molecule has 3 N–H and O–H groups in total. The SMILES string of the molecule is C[C@@H](N)c1cc(F)c(C(=O)c2cccc3c(=O)[nH]ccc23)c(F)c1. The monoisotopic (exact) mass is 328 g/mol. The minimum absolute atomic E-state index is 0.0601. The molecule has 0 spiro atoms. The standard InChI is InChI=1S/C18H14F2N2O2/c1-9(21)10-7-14(19)16(15(20)8-10)17(23)12-3-2-4-13-11(12)5-6-22-18(13)24/h2-9H,21H2,1H3,(H,22,24)/t9-/m1/s1. The van der Waals surface area contributed by atoms with Crippen LogP contribution >= 0.6 is 0 Å². The molecule has 0 saturated carbocycles. The number of nitrogens with one attached hydrogen (secondary N) is 1. The number of carbonyl (C=O) groups is 1. The molecule has 0 radical (unpaired) electrons. The van der Waals surface area contributed by atoms with Gasteiger partial charge < -0.3 is 10.7 Å². The molecule has 1 atom stereocenters. The van der Waals surface area contributed by atoms with Crippen LogP contribution in [0.4, 0.5) is 8.78 Å². The van der Waals surface area contributed by atoms with Gasteiger partial charge in [-0.15, -0.1) is 0 Å². The molecule has 0 bridgehead atoms. The van der Waals surface area contributed by atoms with Crippen molar-refractivity contribution < 1.29 is 13.6 Å². The summed E-state index contributed by atoms with van der Waals surface area (Å²) in [4.78, 5) is 27.0. The highest BCUT2D eigenvalue weighted by atomic mass is 19.1. The fraction of sp³-hybridized carbons (Fsp3) is 0.111. The Labute approximate surface area is 135 Å². The van der Waals surface area contributed by atoms with Gasteiger partial charge in [0.1, 0.15) is 11.6 Å². The Balaban J connectivity index is 2.21. The third kappa shape index (κ3) is 2.61. The molecule has 4 nitrogen and oxygen atoms in total. The molecule has 3 rings (SSSR count). The molecule has 6 heteroatoms. The first kappa shape index (κ1) is 16.0. The van der Waals surface area contributed by atoms with Crippen LogP contribution in [-0.2, 0) is 0 Å². The minimum Gasteiger partial charge on any atom is -0.329 e. The van der Waals surface area contributed by atoms with Crippen LogP contribution in [0, 0.1) is 11.6 Å². The summed E-state index contributed by atoms with van der Waals surface area (Å²) >= 11 is 0. The molecular formula is C18H14F2N2O2. The lowest BCUT2D eigenvalue weighted by atomic mass is 9.95. The minimum atomic E-state index is -0.978. The zero-order valence-corrected chi connectivity index (χ0v) is 12.8. The van der Waals surface area contributed by atoms with Crippen LogP contribution in [0.25, 0.3) is 10.8 Å². The Morgan fingerprint density at radius 1 is 1.12 bits per heavy atom. The predicted octanol–water partition coefficient (Wildman–Crippen LogP) is 3.06. The number of hydrogen-bond acceptors (Lipinski definition) is 3. The summed E-state index contributed by atoms with van der Waals surface area (Å²) in [6.07, 6.45) is 1.38. The van der Waals surface area contributed by atoms with Crippen LogP contribution in [0.15, 0.2) is 47.4 Å². The summed E-state index contributed by atoms with van der Waals surface area (Å²) in [6, 6.07) is 7.54. The zero-order valence-electron chi connectivity index (χ0n) is 12.8. The van der Waals surface area contributed by atoms with E-state index in [4.69, 9.17) is 5.73 Å². The Bertz CT molecular complexity index is 986. The van der Waals surface area contributed by atoms with Gasteiger partial charge in [0.05, 0.1) is 5.56 Å². The van der Waals surface area contributed by atoms with Gasteiger partial charge in [0.15, 0.2) is 5.78 Å². The number of aromatic nitrogens is 1. The average Bonchev–Trinajstić information content (AvgIpc) is 2.54. The second-order valence-corrected chi connectivity index (χ2v) is 5.55. The Hall–Kier alpha value is -2.86. The Morgan fingerprint density at radius 2 is 1.79 bits per heavy atom. The van der Waals surface area contributed by atoms with Crippen molar-refractivity contribution in [3.63, 3.8) is 0 Å². The summed E-state index contributed by atoms with van der Waals surface area (Å²) in [5, 5.41) is 0.609. The summed E-state index contributed by atoms with van der Waals surface area (Å²) in [5.74, 6) is -2.78. The van der Waals surface area contributed by atoms with Crippen molar-refractivity contribution in [3.05, 3.63) is 81.3 Å². The van der Waals surface area contributed by atoms with E-state index in [0.717, 1.165) is 12.1 Å². The lowest BCUT2D eigenvalue weighted by Gasteiger charge is -2.11. The maximum absolute atomic E-state index is 14.3. The number of aromatic amines is 1. The van der Waals surface area contributed by atoms with Crippen LogP contribution in [-0.4, -0.2) is 10.8 Å². The molecular weight excluding hydrogens is 314 g/mol. The highest BCUT2D eigenvalue weighted by Gasteiger charge is 2.22. The van der Waals surface area contributed by atoms with Crippen molar-refractivity contribution in [3.8, 4) is 0 Å². The third-order valence-corrected chi connectivity index (χ3v) is 3.88. The van der Waals surface area contributed by atoms with Crippen LogP contribution in [0.3, 0.4) is 0 Å². The topological polar surface area (TPSA) is 76.0 Å². The molecule has 0 aliphatic heterocycles. The number of fused-ring (bicyclic) bond motifs is 1. The molecule has 0 saturated heterocycles. The Kier molecular flexibility index (Phi) is 3.99. The second kappa shape index (κ2) is 5.98. The third-order valence-electron chi connectivity index (χ3n) is 3.88. The van der Waals surface area contributed by atoms with E-state index in [0.29, 0.717) is 5.39 Å². The molecule has 3 aromatic rings. The highest BCUT2D eigenvalue weighted by Crippen LogP contribution is 2.24. The molecule has 0 amide bonds. The van der Waals surface area contributed by atoms with E-state index in [1.54, 1.807) is 6.92 Å². The van der Waals surface area contributed by atoms with Gasteiger partial charge in [0, 0.05) is 23.2 Å². The fourth-order valence-electron chi connectivity index (χ4n) is 2.63. The normalized spacial score (nSPS) is 12.3. The molecule has 1 aromatic heterocycles. The molecule has 0 aliphatic carbocycles. The lowest BCUT2D eigenvalue weighted by molar-refractivity contribution is 0.103. The number of ketones is 1. The van der Waals surface area contributed by atoms with Crippen LogP contribution in [0.2, 0.25) is 0 Å². The number of benzene rings is 2. The molecule has 2 aromatic carbocycles. The average molecular weight is 328 g/mol. The first-order valence-corrected chi connectivity index (χ1v) is 7.29. The number of halogens is 2. The highest BCUT2D eigenvalue weighted by molar-refractivity contribution is 6.16.